The van der Waals surface area contributed by atoms with Crippen molar-refractivity contribution in [3.05, 3.63) is 46.1 Å². The number of halogens is 2. The van der Waals surface area contributed by atoms with E-state index in [-0.39, 0.29) is 18.1 Å². The molecule has 0 spiro atoms. The quantitative estimate of drug-likeness (QED) is 0.929. The number of hydrogen-bond donors (Lipinski definition) is 1. The van der Waals surface area contributed by atoms with E-state index < -0.39 is 5.91 Å². The summed E-state index contributed by atoms with van der Waals surface area (Å²) < 4.78 is 24.2. The molecule has 0 aliphatic carbocycles. The second-order valence-electron chi connectivity index (χ2n) is 3.62. The van der Waals surface area contributed by atoms with Crippen molar-refractivity contribution in [2.45, 2.75) is 6.54 Å². The van der Waals surface area contributed by atoms with Crippen LogP contribution >= 0.6 is 15.9 Å². The molecule has 1 aromatic carbocycles. The summed E-state index contributed by atoms with van der Waals surface area (Å²) in [7, 11) is 0. The molecule has 1 N–H and O–H groups in total. The average Bonchev–Trinajstić information content (AvgIpc) is 2.40. The molecule has 2 rings (SSSR count). The highest BCUT2D eigenvalue weighted by molar-refractivity contribution is 9.10. The predicted molar refractivity (Wildman–Crippen MR) is 65.9 cm³/mol. The van der Waals surface area contributed by atoms with Crippen molar-refractivity contribution in [1.82, 2.24) is 5.32 Å². The van der Waals surface area contributed by atoms with Gasteiger partial charge >= 0.3 is 0 Å². The summed E-state index contributed by atoms with van der Waals surface area (Å²) in [6, 6.07) is 4.55. The topological polar surface area (TPSA) is 47.6 Å². The Morgan fingerprint density at radius 3 is 3.00 bits per heavy atom. The van der Waals surface area contributed by atoms with Gasteiger partial charge in [0.1, 0.15) is 25.3 Å². The Bertz CT molecular complexity index is 490. The fourth-order valence-electron chi connectivity index (χ4n) is 1.43. The Morgan fingerprint density at radius 2 is 2.28 bits per heavy atom. The monoisotopic (exact) mass is 315 g/mol. The normalized spacial score (nSPS) is 14.2. The summed E-state index contributed by atoms with van der Waals surface area (Å²) >= 11 is 3.24. The van der Waals surface area contributed by atoms with E-state index in [0.29, 0.717) is 18.8 Å². The molecule has 1 aromatic rings. The van der Waals surface area contributed by atoms with Crippen molar-refractivity contribution >= 4 is 21.8 Å². The van der Waals surface area contributed by atoms with E-state index in [4.69, 9.17) is 9.47 Å². The number of ether oxygens (including phenoxy) is 2. The van der Waals surface area contributed by atoms with Crippen LogP contribution in [-0.4, -0.2) is 19.1 Å². The van der Waals surface area contributed by atoms with E-state index in [9.17, 15) is 9.18 Å². The zero-order valence-corrected chi connectivity index (χ0v) is 11.0. The van der Waals surface area contributed by atoms with E-state index in [1.807, 2.05) is 0 Å². The lowest BCUT2D eigenvalue weighted by Gasteiger charge is -2.15. The molecule has 0 fully saturated rings. The van der Waals surface area contributed by atoms with Crippen LogP contribution in [0.3, 0.4) is 0 Å². The maximum atomic E-state index is 13.4. The molecule has 0 saturated heterocycles. The van der Waals surface area contributed by atoms with Crippen LogP contribution in [-0.2, 0) is 20.8 Å². The van der Waals surface area contributed by atoms with Gasteiger partial charge in [0.25, 0.3) is 5.91 Å². The van der Waals surface area contributed by atoms with Crippen molar-refractivity contribution in [3.63, 3.8) is 0 Å². The van der Waals surface area contributed by atoms with Gasteiger partial charge in [-0.2, -0.15) is 0 Å². The fourth-order valence-corrected chi connectivity index (χ4v) is 1.84. The second kappa shape index (κ2) is 5.86. The van der Waals surface area contributed by atoms with Gasteiger partial charge in [-0.1, -0.05) is 15.9 Å². The maximum absolute atomic E-state index is 13.4. The Labute approximate surface area is 112 Å². The van der Waals surface area contributed by atoms with Gasteiger partial charge in [-0.15, -0.1) is 0 Å². The number of carbonyl (C=O) groups excluding carboxylic acids is 1. The molecule has 0 bridgehead atoms. The zero-order valence-electron chi connectivity index (χ0n) is 9.41. The lowest BCUT2D eigenvalue weighted by atomic mass is 10.2. The summed E-state index contributed by atoms with van der Waals surface area (Å²) in [5, 5.41) is 2.56. The Kier molecular flexibility index (Phi) is 4.19. The summed E-state index contributed by atoms with van der Waals surface area (Å²) in [5.74, 6) is -0.681. The minimum absolute atomic E-state index is 0.0881. The van der Waals surface area contributed by atoms with Gasteiger partial charge in [0.05, 0.1) is 0 Å². The molecule has 1 heterocycles. The predicted octanol–water partition coefficient (Wildman–Crippen LogP) is 2.09. The summed E-state index contributed by atoms with van der Waals surface area (Å²) in [4.78, 5) is 11.6. The fraction of sp³-hybridized carbons (Fsp3) is 0.250. The molecule has 0 atom stereocenters. The summed E-state index contributed by atoms with van der Waals surface area (Å²) in [5.41, 5.74) is 0.398. The molecule has 0 unspecified atom stereocenters. The number of amides is 1. The molecule has 1 amide bonds. The van der Waals surface area contributed by atoms with Gasteiger partial charge in [0.15, 0.2) is 0 Å². The highest BCUT2D eigenvalue weighted by Gasteiger charge is 2.15. The van der Waals surface area contributed by atoms with Gasteiger partial charge < -0.3 is 14.8 Å². The molecule has 6 heteroatoms. The van der Waals surface area contributed by atoms with Crippen molar-refractivity contribution in [2.75, 3.05) is 13.2 Å². The molecule has 0 saturated carbocycles. The highest BCUT2D eigenvalue weighted by Crippen LogP contribution is 2.15. The molecule has 18 heavy (non-hydrogen) atoms. The Balaban J connectivity index is 1.96. The average molecular weight is 316 g/mol. The van der Waals surface area contributed by atoms with Crippen molar-refractivity contribution < 1.29 is 18.7 Å². The summed E-state index contributed by atoms with van der Waals surface area (Å²) in [6.07, 6.45) is 1.26. The van der Waals surface area contributed by atoms with E-state index in [1.54, 1.807) is 12.1 Å². The number of carbonyl (C=O) groups is 1. The number of rotatable bonds is 3. The summed E-state index contributed by atoms with van der Waals surface area (Å²) in [6.45, 7) is 0.854. The smallest absolute Gasteiger partial charge is 0.289 e. The van der Waals surface area contributed by atoms with Crippen LogP contribution in [0.15, 0.2) is 34.7 Å². The minimum Gasteiger partial charge on any atom is -0.494 e. The first-order valence-electron chi connectivity index (χ1n) is 5.33. The van der Waals surface area contributed by atoms with Crippen LogP contribution in [0.25, 0.3) is 0 Å². The van der Waals surface area contributed by atoms with Crippen molar-refractivity contribution in [1.29, 1.82) is 0 Å². The third-order valence-corrected chi connectivity index (χ3v) is 2.81. The van der Waals surface area contributed by atoms with Crippen molar-refractivity contribution in [2.24, 2.45) is 0 Å². The molecule has 1 aliphatic heterocycles. The molecular weight excluding hydrogens is 305 g/mol. The molecular formula is C12H11BrFNO3. The highest BCUT2D eigenvalue weighted by atomic mass is 79.9. The second-order valence-corrected chi connectivity index (χ2v) is 4.54. The van der Waals surface area contributed by atoms with Crippen molar-refractivity contribution in [3.8, 4) is 0 Å². The third kappa shape index (κ3) is 3.22. The molecule has 0 radical (unpaired) electrons. The van der Waals surface area contributed by atoms with Gasteiger partial charge in [0, 0.05) is 16.6 Å². The van der Waals surface area contributed by atoms with Crippen LogP contribution in [0, 0.1) is 5.82 Å². The van der Waals surface area contributed by atoms with E-state index in [1.165, 1.54) is 12.3 Å². The standard InChI is InChI=1S/C12H11BrFNO3/c13-9-1-2-10(14)8(5-9)6-15-12(16)11-7-17-3-4-18-11/h1-2,5,7H,3-4,6H2,(H,15,16). The SMILES string of the molecule is O=C(NCc1cc(Br)ccc1F)C1=COCCO1. The number of benzene rings is 1. The first-order valence-corrected chi connectivity index (χ1v) is 6.13. The van der Waals surface area contributed by atoms with Crippen LogP contribution in [0.5, 0.6) is 0 Å². The van der Waals surface area contributed by atoms with Crippen LogP contribution in [0.4, 0.5) is 4.39 Å². The lowest BCUT2D eigenvalue weighted by Crippen LogP contribution is -2.28. The first-order chi connectivity index (χ1) is 8.66. The largest absolute Gasteiger partial charge is 0.494 e. The molecule has 96 valence electrons. The molecule has 0 aromatic heterocycles. The maximum Gasteiger partial charge on any atom is 0.289 e. The van der Waals surface area contributed by atoms with Gasteiger partial charge in [-0.3, -0.25) is 4.79 Å². The van der Waals surface area contributed by atoms with Crippen LogP contribution < -0.4 is 5.32 Å². The zero-order chi connectivity index (χ0) is 13.0. The van der Waals surface area contributed by atoms with E-state index >= 15 is 0 Å². The third-order valence-electron chi connectivity index (χ3n) is 2.32. The van der Waals surface area contributed by atoms with Gasteiger partial charge in [-0.05, 0) is 18.2 Å². The minimum atomic E-state index is -0.422. The first kappa shape index (κ1) is 12.9. The molecule has 1 aliphatic rings. The van der Waals surface area contributed by atoms with Crippen LogP contribution in [0.1, 0.15) is 5.56 Å². The van der Waals surface area contributed by atoms with E-state index in [0.717, 1.165) is 4.47 Å². The Morgan fingerprint density at radius 1 is 1.44 bits per heavy atom. The van der Waals surface area contributed by atoms with E-state index in [2.05, 4.69) is 21.2 Å². The Hall–Kier alpha value is -1.56. The lowest BCUT2D eigenvalue weighted by molar-refractivity contribution is -0.122. The number of nitrogens with one attached hydrogen (secondary N) is 1. The number of hydrogen-bond acceptors (Lipinski definition) is 3. The van der Waals surface area contributed by atoms with Gasteiger partial charge in [0.2, 0.25) is 5.76 Å². The molecule has 4 nitrogen and oxygen atoms in total. The van der Waals surface area contributed by atoms with Gasteiger partial charge in [-0.25, -0.2) is 4.39 Å². The van der Waals surface area contributed by atoms with Crippen LogP contribution in [0.2, 0.25) is 0 Å².